The standard InChI is InChI=1S/C14H11F3N2O2/c15-14(16,17)10-5-4-8-12(9-10)19(21)13(20)18-11-6-2-1-3-7-11/h1-9,21H,(H,18,20). The number of para-hydroxylation sites is 1. The Balaban J connectivity index is 2.16. The van der Waals surface area contributed by atoms with Crippen molar-refractivity contribution >= 4 is 17.4 Å². The van der Waals surface area contributed by atoms with Gasteiger partial charge in [0.1, 0.15) is 0 Å². The maximum atomic E-state index is 12.6. The summed E-state index contributed by atoms with van der Waals surface area (Å²) >= 11 is 0. The average Bonchev–Trinajstić information content (AvgIpc) is 2.46. The molecular weight excluding hydrogens is 285 g/mol. The van der Waals surface area contributed by atoms with Crippen molar-refractivity contribution in [1.82, 2.24) is 0 Å². The van der Waals surface area contributed by atoms with Crippen LogP contribution in [0, 0.1) is 0 Å². The Morgan fingerprint density at radius 1 is 1.05 bits per heavy atom. The van der Waals surface area contributed by atoms with Crippen LogP contribution in [0.25, 0.3) is 0 Å². The van der Waals surface area contributed by atoms with E-state index in [9.17, 15) is 23.2 Å². The van der Waals surface area contributed by atoms with Crippen molar-refractivity contribution in [2.24, 2.45) is 0 Å². The number of halogens is 3. The second-order valence-corrected chi connectivity index (χ2v) is 4.16. The van der Waals surface area contributed by atoms with Gasteiger partial charge in [-0.25, -0.2) is 4.79 Å². The van der Waals surface area contributed by atoms with Gasteiger partial charge in [-0.15, -0.1) is 0 Å². The molecule has 4 nitrogen and oxygen atoms in total. The lowest BCUT2D eigenvalue weighted by Gasteiger charge is -2.17. The molecule has 0 radical (unpaired) electrons. The van der Waals surface area contributed by atoms with E-state index in [1.54, 1.807) is 30.3 Å². The van der Waals surface area contributed by atoms with E-state index in [0.29, 0.717) is 11.8 Å². The van der Waals surface area contributed by atoms with Crippen LogP contribution in [0.4, 0.5) is 29.3 Å². The molecule has 2 aromatic carbocycles. The van der Waals surface area contributed by atoms with Gasteiger partial charge >= 0.3 is 12.2 Å². The molecule has 0 saturated carbocycles. The van der Waals surface area contributed by atoms with Crippen LogP contribution in [-0.4, -0.2) is 11.2 Å². The van der Waals surface area contributed by atoms with Gasteiger partial charge in [0.15, 0.2) is 0 Å². The van der Waals surface area contributed by atoms with Crippen LogP contribution in [0.15, 0.2) is 54.6 Å². The van der Waals surface area contributed by atoms with Crippen molar-refractivity contribution in [2.45, 2.75) is 6.18 Å². The molecule has 2 amide bonds. The lowest BCUT2D eigenvalue weighted by molar-refractivity contribution is -0.137. The van der Waals surface area contributed by atoms with Crippen LogP contribution < -0.4 is 10.4 Å². The average molecular weight is 296 g/mol. The van der Waals surface area contributed by atoms with Crippen molar-refractivity contribution in [2.75, 3.05) is 10.4 Å². The molecule has 0 atom stereocenters. The minimum Gasteiger partial charge on any atom is -0.306 e. The fraction of sp³-hybridized carbons (Fsp3) is 0.0714. The summed E-state index contributed by atoms with van der Waals surface area (Å²) in [6.07, 6.45) is -4.55. The van der Waals surface area contributed by atoms with Crippen LogP contribution >= 0.6 is 0 Å². The Labute approximate surface area is 118 Å². The number of hydrogen-bond donors (Lipinski definition) is 2. The number of carbonyl (C=O) groups excluding carboxylic acids is 1. The molecule has 0 aliphatic heterocycles. The van der Waals surface area contributed by atoms with E-state index in [4.69, 9.17) is 0 Å². The van der Waals surface area contributed by atoms with Crippen molar-refractivity contribution in [3.05, 3.63) is 60.2 Å². The van der Waals surface area contributed by atoms with Crippen LogP contribution in [0.3, 0.4) is 0 Å². The number of anilines is 2. The van der Waals surface area contributed by atoms with Gasteiger partial charge in [-0.1, -0.05) is 24.3 Å². The van der Waals surface area contributed by atoms with E-state index in [-0.39, 0.29) is 10.8 Å². The van der Waals surface area contributed by atoms with Gasteiger partial charge in [-0.2, -0.15) is 18.2 Å². The topological polar surface area (TPSA) is 52.6 Å². The number of rotatable bonds is 2. The summed E-state index contributed by atoms with van der Waals surface area (Å²) in [6.45, 7) is 0. The number of benzene rings is 2. The zero-order valence-corrected chi connectivity index (χ0v) is 10.6. The highest BCUT2D eigenvalue weighted by Crippen LogP contribution is 2.31. The summed E-state index contributed by atoms with van der Waals surface area (Å²) in [5, 5.41) is 12.2. The SMILES string of the molecule is O=C(Nc1ccccc1)N(O)c1cccc(C(F)(F)F)c1. The second-order valence-electron chi connectivity index (χ2n) is 4.16. The van der Waals surface area contributed by atoms with Gasteiger partial charge in [-0.05, 0) is 30.3 Å². The fourth-order valence-corrected chi connectivity index (χ4v) is 1.63. The maximum Gasteiger partial charge on any atom is 0.416 e. The molecule has 0 aliphatic carbocycles. The summed E-state index contributed by atoms with van der Waals surface area (Å²) in [5.41, 5.74) is -0.821. The Bertz CT molecular complexity index is 630. The molecule has 0 aromatic heterocycles. The Hall–Kier alpha value is -2.54. The van der Waals surface area contributed by atoms with Crippen LogP contribution in [0.2, 0.25) is 0 Å². The summed E-state index contributed by atoms with van der Waals surface area (Å²) in [4.78, 5) is 11.8. The normalized spacial score (nSPS) is 11.0. The molecule has 0 bridgehead atoms. The van der Waals surface area contributed by atoms with Crippen LogP contribution in [0.1, 0.15) is 5.56 Å². The summed E-state index contributed by atoms with van der Waals surface area (Å²) in [5.74, 6) is 0. The van der Waals surface area contributed by atoms with E-state index >= 15 is 0 Å². The van der Waals surface area contributed by atoms with Crippen molar-refractivity contribution in [1.29, 1.82) is 0 Å². The number of urea groups is 1. The monoisotopic (exact) mass is 296 g/mol. The van der Waals surface area contributed by atoms with E-state index < -0.39 is 17.8 Å². The fourth-order valence-electron chi connectivity index (χ4n) is 1.63. The van der Waals surface area contributed by atoms with Gasteiger partial charge in [0.25, 0.3) is 0 Å². The molecule has 2 aromatic rings. The number of amides is 2. The highest BCUT2D eigenvalue weighted by Gasteiger charge is 2.31. The first-order chi connectivity index (χ1) is 9.88. The first-order valence-corrected chi connectivity index (χ1v) is 5.90. The molecule has 0 saturated heterocycles. The molecule has 0 heterocycles. The lowest BCUT2D eigenvalue weighted by Crippen LogP contribution is -2.31. The smallest absolute Gasteiger partial charge is 0.306 e. The van der Waals surface area contributed by atoms with E-state index in [2.05, 4.69) is 5.32 Å². The molecule has 2 rings (SSSR count). The number of alkyl halides is 3. The third-order valence-corrected chi connectivity index (χ3v) is 2.64. The third-order valence-electron chi connectivity index (χ3n) is 2.64. The largest absolute Gasteiger partial charge is 0.416 e. The van der Waals surface area contributed by atoms with Gasteiger partial charge in [0.2, 0.25) is 0 Å². The van der Waals surface area contributed by atoms with Crippen LogP contribution in [-0.2, 0) is 6.18 Å². The second kappa shape index (κ2) is 5.84. The predicted molar refractivity (Wildman–Crippen MR) is 71.2 cm³/mol. The van der Waals surface area contributed by atoms with Gasteiger partial charge in [0, 0.05) is 5.69 Å². The van der Waals surface area contributed by atoms with Crippen LogP contribution in [0.5, 0.6) is 0 Å². The van der Waals surface area contributed by atoms with Gasteiger partial charge in [-0.3, -0.25) is 5.21 Å². The summed E-state index contributed by atoms with van der Waals surface area (Å²) < 4.78 is 37.7. The lowest BCUT2D eigenvalue weighted by atomic mass is 10.2. The first kappa shape index (κ1) is 14.9. The Morgan fingerprint density at radius 3 is 2.33 bits per heavy atom. The maximum absolute atomic E-state index is 12.6. The predicted octanol–water partition coefficient (Wildman–Crippen LogP) is 4.13. The molecule has 2 N–H and O–H groups in total. The summed E-state index contributed by atoms with van der Waals surface area (Å²) in [6, 6.07) is 11.1. The zero-order chi connectivity index (χ0) is 15.5. The highest BCUT2D eigenvalue weighted by atomic mass is 19.4. The van der Waals surface area contributed by atoms with Gasteiger partial charge in [0.05, 0.1) is 11.3 Å². The minimum absolute atomic E-state index is 0.127. The number of nitrogens with zero attached hydrogens (tertiary/aromatic N) is 1. The third kappa shape index (κ3) is 3.73. The van der Waals surface area contributed by atoms with Gasteiger partial charge < -0.3 is 5.32 Å². The molecule has 21 heavy (non-hydrogen) atoms. The Morgan fingerprint density at radius 2 is 1.71 bits per heavy atom. The number of hydroxylamine groups is 1. The molecule has 0 spiro atoms. The van der Waals surface area contributed by atoms with Crippen molar-refractivity contribution < 1.29 is 23.2 Å². The van der Waals surface area contributed by atoms with E-state index in [0.717, 1.165) is 12.1 Å². The zero-order valence-electron chi connectivity index (χ0n) is 10.6. The Kier molecular flexibility index (Phi) is 4.13. The minimum atomic E-state index is -4.55. The van der Waals surface area contributed by atoms with E-state index in [1.807, 2.05) is 0 Å². The molecule has 0 fully saturated rings. The van der Waals surface area contributed by atoms with E-state index in [1.165, 1.54) is 6.07 Å². The van der Waals surface area contributed by atoms with Crippen molar-refractivity contribution in [3.63, 3.8) is 0 Å². The molecular formula is C14H11F3N2O2. The number of hydrogen-bond acceptors (Lipinski definition) is 2. The number of carbonyl (C=O) groups is 1. The van der Waals surface area contributed by atoms with Crippen molar-refractivity contribution in [3.8, 4) is 0 Å². The first-order valence-electron chi connectivity index (χ1n) is 5.90. The highest BCUT2D eigenvalue weighted by molar-refractivity contribution is 5.99. The molecule has 0 unspecified atom stereocenters. The summed E-state index contributed by atoms with van der Waals surface area (Å²) in [7, 11) is 0. The quantitative estimate of drug-likeness (QED) is 0.646. The molecule has 7 heteroatoms. The number of nitrogens with one attached hydrogen (secondary N) is 1. The molecule has 110 valence electrons. The molecule has 0 aliphatic rings.